The van der Waals surface area contributed by atoms with Crippen molar-refractivity contribution in [2.24, 2.45) is 0 Å². The number of carbonyl (C=O) groups is 2. The molecule has 4 rings (SSSR count). The molecule has 0 aromatic heterocycles. The van der Waals surface area contributed by atoms with Gasteiger partial charge in [0.25, 0.3) is 5.91 Å². The summed E-state index contributed by atoms with van der Waals surface area (Å²) < 4.78 is 10.7. The zero-order valence-electron chi connectivity index (χ0n) is 19.1. The SMILES string of the molecule is COc1ccc(N2CCCN(Cc3cccc(Cl)c3)C2=O)c(NC(=O)c2ccccc2OC)c1. The van der Waals surface area contributed by atoms with E-state index in [1.165, 1.54) is 7.11 Å². The van der Waals surface area contributed by atoms with Gasteiger partial charge in [-0.2, -0.15) is 0 Å². The molecule has 3 aromatic rings. The van der Waals surface area contributed by atoms with E-state index >= 15 is 0 Å². The minimum atomic E-state index is -0.341. The highest BCUT2D eigenvalue weighted by Gasteiger charge is 2.29. The van der Waals surface area contributed by atoms with Gasteiger partial charge in [0.05, 0.1) is 31.2 Å². The van der Waals surface area contributed by atoms with Gasteiger partial charge in [0.15, 0.2) is 0 Å². The summed E-state index contributed by atoms with van der Waals surface area (Å²) in [6, 6.07) is 19.6. The van der Waals surface area contributed by atoms with Crippen LogP contribution >= 0.6 is 11.6 Å². The van der Waals surface area contributed by atoms with Crippen LogP contribution in [0.1, 0.15) is 22.3 Å². The second-order valence-corrected chi connectivity index (χ2v) is 8.31. The van der Waals surface area contributed by atoms with E-state index in [1.54, 1.807) is 59.4 Å². The van der Waals surface area contributed by atoms with Gasteiger partial charge in [-0.15, -0.1) is 0 Å². The Labute approximate surface area is 203 Å². The molecule has 7 nitrogen and oxygen atoms in total. The summed E-state index contributed by atoms with van der Waals surface area (Å²) in [5.41, 5.74) is 2.44. The predicted molar refractivity (Wildman–Crippen MR) is 133 cm³/mol. The maximum absolute atomic E-state index is 13.4. The van der Waals surface area contributed by atoms with E-state index < -0.39 is 0 Å². The van der Waals surface area contributed by atoms with Crippen LogP contribution < -0.4 is 19.7 Å². The molecule has 1 heterocycles. The van der Waals surface area contributed by atoms with E-state index in [0.29, 0.717) is 53.1 Å². The van der Waals surface area contributed by atoms with Crippen LogP contribution in [0.4, 0.5) is 16.2 Å². The Morgan fingerprint density at radius 1 is 1.00 bits per heavy atom. The van der Waals surface area contributed by atoms with Gasteiger partial charge in [-0.3, -0.25) is 9.69 Å². The third-order valence-corrected chi connectivity index (χ3v) is 5.90. The molecule has 0 radical (unpaired) electrons. The zero-order valence-corrected chi connectivity index (χ0v) is 19.8. The van der Waals surface area contributed by atoms with Gasteiger partial charge in [0.2, 0.25) is 0 Å². The summed E-state index contributed by atoms with van der Waals surface area (Å²) >= 11 is 6.12. The minimum Gasteiger partial charge on any atom is -0.497 e. The summed E-state index contributed by atoms with van der Waals surface area (Å²) in [6.07, 6.45) is 0.790. The molecule has 0 aliphatic carbocycles. The fourth-order valence-corrected chi connectivity index (χ4v) is 4.22. The number of halogens is 1. The highest BCUT2D eigenvalue weighted by Crippen LogP contribution is 2.33. The summed E-state index contributed by atoms with van der Waals surface area (Å²) in [5, 5.41) is 3.57. The molecule has 0 saturated carbocycles. The summed E-state index contributed by atoms with van der Waals surface area (Å²) in [7, 11) is 3.07. The lowest BCUT2D eigenvalue weighted by atomic mass is 10.1. The molecule has 1 saturated heterocycles. The first-order chi connectivity index (χ1) is 16.5. The van der Waals surface area contributed by atoms with E-state index in [4.69, 9.17) is 21.1 Å². The van der Waals surface area contributed by atoms with Gasteiger partial charge in [0.1, 0.15) is 11.5 Å². The monoisotopic (exact) mass is 479 g/mol. The van der Waals surface area contributed by atoms with Gasteiger partial charge < -0.3 is 19.7 Å². The van der Waals surface area contributed by atoms with Crippen LogP contribution in [0.3, 0.4) is 0 Å². The number of hydrogen-bond acceptors (Lipinski definition) is 4. The number of nitrogens with one attached hydrogen (secondary N) is 1. The van der Waals surface area contributed by atoms with Crippen molar-refractivity contribution < 1.29 is 19.1 Å². The van der Waals surface area contributed by atoms with Crippen LogP contribution in [-0.2, 0) is 6.54 Å². The first-order valence-corrected chi connectivity index (χ1v) is 11.3. The molecule has 1 fully saturated rings. The molecule has 0 atom stereocenters. The molecule has 3 aromatic carbocycles. The van der Waals surface area contributed by atoms with E-state index in [2.05, 4.69) is 5.32 Å². The lowest BCUT2D eigenvalue weighted by Gasteiger charge is -2.36. The van der Waals surface area contributed by atoms with E-state index in [9.17, 15) is 9.59 Å². The van der Waals surface area contributed by atoms with Gasteiger partial charge in [-0.25, -0.2) is 4.79 Å². The van der Waals surface area contributed by atoms with Crippen LogP contribution in [0.25, 0.3) is 0 Å². The van der Waals surface area contributed by atoms with Crippen molar-refractivity contribution >= 4 is 34.9 Å². The van der Waals surface area contributed by atoms with Crippen molar-refractivity contribution in [2.45, 2.75) is 13.0 Å². The predicted octanol–water partition coefficient (Wildman–Crippen LogP) is 5.44. The van der Waals surface area contributed by atoms with Crippen LogP contribution in [0.15, 0.2) is 66.7 Å². The van der Waals surface area contributed by atoms with Crippen molar-refractivity contribution in [1.82, 2.24) is 4.90 Å². The number of methoxy groups -OCH3 is 2. The average molecular weight is 480 g/mol. The second-order valence-electron chi connectivity index (χ2n) is 7.88. The molecule has 34 heavy (non-hydrogen) atoms. The quantitative estimate of drug-likeness (QED) is 0.489. The van der Waals surface area contributed by atoms with Crippen LogP contribution in [0.2, 0.25) is 5.02 Å². The Morgan fingerprint density at radius 2 is 1.82 bits per heavy atom. The first-order valence-electron chi connectivity index (χ1n) is 10.9. The van der Waals surface area contributed by atoms with Crippen molar-refractivity contribution in [3.8, 4) is 11.5 Å². The van der Waals surface area contributed by atoms with Crippen molar-refractivity contribution in [3.05, 3.63) is 82.9 Å². The largest absolute Gasteiger partial charge is 0.497 e. The molecule has 0 spiro atoms. The lowest BCUT2D eigenvalue weighted by Crippen LogP contribution is -2.49. The van der Waals surface area contributed by atoms with E-state index in [1.807, 2.05) is 24.3 Å². The van der Waals surface area contributed by atoms with Crippen LogP contribution in [-0.4, -0.2) is 44.1 Å². The third-order valence-electron chi connectivity index (χ3n) is 5.67. The molecule has 1 aliphatic rings. The number of rotatable bonds is 7. The summed E-state index contributed by atoms with van der Waals surface area (Å²) in [4.78, 5) is 30.0. The maximum atomic E-state index is 13.4. The second kappa shape index (κ2) is 10.5. The number of carbonyl (C=O) groups excluding carboxylic acids is 2. The summed E-state index contributed by atoms with van der Waals surface area (Å²) in [5.74, 6) is 0.692. The maximum Gasteiger partial charge on any atom is 0.324 e. The highest BCUT2D eigenvalue weighted by atomic mass is 35.5. The van der Waals surface area contributed by atoms with Crippen molar-refractivity contribution in [2.75, 3.05) is 37.5 Å². The van der Waals surface area contributed by atoms with Crippen molar-refractivity contribution in [1.29, 1.82) is 0 Å². The number of amides is 3. The Hall–Kier alpha value is -3.71. The Bertz CT molecular complexity index is 1200. The Kier molecular flexibility index (Phi) is 7.23. The van der Waals surface area contributed by atoms with E-state index in [-0.39, 0.29) is 11.9 Å². The van der Waals surface area contributed by atoms with E-state index in [0.717, 1.165) is 12.0 Å². The van der Waals surface area contributed by atoms with Gasteiger partial charge >= 0.3 is 6.03 Å². The molecule has 0 unspecified atom stereocenters. The number of hydrogen-bond donors (Lipinski definition) is 1. The average Bonchev–Trinajstić information content (AvgIpc) is 2.85. The molecular weight excluding hydrogens is 454 g/mol. The Balaban J connectivity index is 1.62. The topological polar surface area (TPSA) is 71.1 Å². The molecule has 3 amide bonds. The fourth-order valence-electron chi connectivity index (χ4n) is 4.01. The fraction of sp³-hybridized carbons (Fsp3) is 0.231. The van der Waals surface area contributed by atoms with Gasteiger partial charge in [-0.1, -0.05) is 35.9 Å². The number of urea groups is 1. The molecule has 1 N–H and O–H groups in total. The normalized spacial score (nSPS) is 13.6. The van der Waals surface area contributed by atoms with Gasteiger partial charge in [-0.05, 0) is 48.4 Å². The number of benzene rings is 3. The Morgan fingerprint density at radius 3 is 2.59 bits per heavy atom. The molecule has 0 bridgehead atoms. The third kappa shape index (κ3) is 5.10. The first kappa shape index (κ1) is 23.4. The number of nitrogens with zero attached hydrogens (tertiary/aromatic N) is 2. The standard InChI is InChI=1S/C26H26ClN3O4/c1-33-20-11-12-23(22(16-20)28-25(31)21-9-3-4-10-24(21)34-2)30-14-6-13-29(26(30)32)17-18-7-5-8-19(27)15-18/h3-5,7-12,15-16H,6,13-14,17H2,1-2H3,(H,28,31). The highest BCUT2D eigenvalue weighted by molar-refractivity contribution is 6.30. The smallest absolute Gasteiger partial charge is 0.324 e. The number of ether oxygens (including phenoxy) is 2. The minimum absolute atomic E-state index is 0.135. The number of anilines is 2. The molecule has 1 aliphatic heterocycles. The van der Waals surface area contributed by atoms with Crippen molar-refractivity contribution in [3.63, 3.8) is 0 Å². The lowest BCUT2D eigenvalue weighted by molar-refractivity contribution is 0.102. The molecule has 176 valence electrons. The zero-order chi connectivity index (χ0) is 24.1. The summed E-state index contributed by atoms with van der Waals surface area (Å²) in [6.45, 7) is 1.63. The number of para-hydroxylation sites is 1. The molecule has 8 heteroatoms. The van der Waals surface area contributed by atoms with Crippen LogP contribution in [0, 0.1) is 0 Å². The van der Waals surface area contributed by atoms with Gasteiger partial charge in [0, 0.05) is 30.7 Å². The molecular formula is C26H26ClN3O4. The van der Waals surface area contributed by atoms with Crippen LogP contribution in [0.5, 0.6) is 11.5 Å².